The highest BCUT2D eigenvalue weighted by Crippen LogP contribution is 2.53. The topological polar surface area (TPSA) is 133 Å². The molecular formula is C22H32N4O5S. The second-order valence-electron chi connectivity index (χ2n) is 9.68. The number of rotatable bonds is 7. The van der Waals surface area contributed by atoms with E-state index in [-0.39, 0.29) is 64.4 Å². The maximum absolute atomic E-state index is 12.9. The summed E-state index contributed by atoms with van der Waals surface area (Å²) < 4.78 is 0. The number of thioether (sulfide) groups is 1. The van der Waals surface area contributed by atoms with Gasteiger partial charge in [-0.3, -0.25) is 9.59 Å². The molecule has 2 unspecified atom stereocenters. The summed E-state index contributed by atoms with van der Waals surface area (Å²) in [6.07, 6.45) is 1.74. The zero-order valence-electron chi connectivity index (χ0n) is 18.7. The van der Waals surface area contributed by atoms with E-state index in [1.165, 1.54) is 23.6 Å². The van der Waals surface area contributed by atoms with Crippen LogP contribution in [-0.2, 0) is 19.2 Å². The number of ketones is 1. The first-order valence-corrected chi connectivity index (χ1v) is 12.2. The van der Waals surface area contributed by atoms with Crippen LogP contribution in [0.15, 0.2) is 10.6 Å². The first kappa shape index (κ1) is 23.3. The van der Waals surface area contributed by atoms with E-state index in [1.54, 1.807) is 4.90 Å². The van der Waals surface area contributed by atoms with Crippen molar-refractivity contribution in [2.24, 2.45) is 23.5 Å². The fourth-order valence-electron chi connectivity index (χ4n) is 5.72. The van der Waals surface area contributed by atoms with E-state index in [0.717, 1.165) is 6.42 Å². The third kappa shape index (κ3) is 3.97. The summed E-state index contributed by atoms with van der Waals surface area (Å²) in [6, 6.07) is -0.470. The van der Waals surface area contributed by atoms with Crippen molar-refractivity contribution in [3.05, 3.63) is 10.6 Å². The van der Waals surface area contributed by atoms with Crippen LogP contribution < -0.4 is 11.1 Å². The molecule has 0 radical (unpaired) electrons. The molecule has 32 heavy (non-hydrogen) atoms. The summed E-state index contributed by atoms with van der Waals surface area (Å²) in [5.74, 6) is -1.78. The quantitative estimate of drug-likeness (QED) is 0.461. The zero-order valence-corrected chi connectivity index (χ0v) is 19.6. The molecule has 7 atom stereocenters. The molecule has 3 fully saturated rings. The van der Waals surface area contributed by atoms with Crippen molar-refractivity contribution in [3.8, 4) is 0 Å². The normalized spacial score (nSPS) is 35.2. The Kier molecular flexibility index (Phi) is 6.39. The highest BCUT2D eigenvalue weighted by atomic mass is 32.2. The number of nitrogens with zero attached hydrogens (tertiary/aromatic N) is 2. The summed E-state index contributed by atoms with van der Waals surface area (Å²) in [5.41, 5.74) is 6.00. The number of nitrogens with one attached hydrogen (secondary N) is 1. The molecule has 3 saturated heterocycles. The summed E-state index contributed by atoms with van der Waals surface area (Å²) in [4.78, 5) is 53.2. The van der Waals surface area contributed by atoms with Crippen molar-refractivity contribution in [1.29, 1.82) is 0 Å². The van der Waals surface area contributed by atoms with Crippen molar-refractivity contribution in [2.75, 3.05) is 19.6 Å². The Morgan fingerprint density at radius 1 is 1.34 bits per heavy atom. The average Bonchev–Trinajstić information content (AvgIpc) is 3.40. The highest BCUT2D eigenvalue weighted by Gasteiger charge is 2.60. The second kappa shape index (κ2) is 8.79. The lowest BCUT2D eigenvalue weighted by Crippen LogP contribution is -2.62. The Morgan fingerprint density at radius 2 is 2.06 bits per heavy atom. The Bertz CT molecular complexity index is 876. The van der Waals surface area contributed by atoms with Gasteiger partial charge in [0.15, 0.2) is 0 Å². The molecule has 0 aromatic carbocycles. The molecule has 0 aromatic heterocycles. The number of hydrogen-bond donors (Lipinski definition) is 3. The van der Waals surface area contributed by atoms with Crippen molar-refractivity contribution >= 4 is 35.3 Å². The fourth-order valence-corrected chi connectivity index (χ4v) is 7.19. The van der Waals surface area contributed by atoms with Gasteiger partial charge in [-0.25, -0.2) is 4.79 Å². The molecule has 0 saturated carbocycles. The van der Waals surface area contributed by atoms with Crippen molar-refractivity contribution in [1.82, 2.24) is 15.1 Å². The van der Waals surface area contributed by atoms with Crippen LogP contribution in [0.5, 0.6) is 0 Å². The second-order valence-corrected chi connectivity index (χ2v) is 11.0. The monoisotopic (exact) mass is 464 g/mol. The molecule has 2 amide bonds. The minimum absolute atomic E-state index is 0.0297. The van der Waals surface area contributed by atoms with Gasteiger partial charge < -0.3 is 30.8 Å². The van der Waals surface area contributed by atoms with Crippen LogP contribution >= 0.6 is 11.8 Å². The Hall–Kier alpha value is -1.91. The maximum atomic E-state index is 12.9. The molecule has 10 heteroatoms. The van der Waals surface area contributed by atoms with Crippen LogP contribution in [0, 0.1) is 17.8 Å². The van der Waals surface area contributed by atoms with Crippen molar-refractivity contribution in [2.45, 2.75) is 63.4 Å². The fraction of sp³-hybridized carbons (Fsp3) is 0.727. The third-order valence-corrected chi connectivity index (χ3v) is 8.74. The molecule has 0 bridgehead atoms. The summed E-state index contributed by atoms with van der Waals surface area (Å²) in [6.45, 7) is 7.23. The number of carbonyl (C=O) groups excluding carboxylic acids is 3. The number of carboxylic acid groups (broad SMARTS) is 1. The lowest BCUT2D eigenvalue weighted by atomic mass is 9.73. The lowest BCUT2D eigenvalue weighted by Gasteiger charge is -2.47. The molecular weight excluding hydrogens is 432 g/mol. The predicted molar refractivity (Wildman–Crippen MR) is 119 cm³/mol. The third-order valence-electron chi connectivity index (χ3n) is 7.23. The van der Waals surface area contributed by atoms with Gasteiger partial charge in [0.25, 0.3) is 0 Å². The van der Waals surface area contributed by atoms with Crippen molar-refractivity contribution < 1.29 is 24.3 Å². The minimum Gasteiger partial charge on any atom is -0.477 e. The van der Waals surface area contributed by atoms with Crippen LogP contribution in [0.4, 0.5) is 0 Å². The number of carboxylic acids is 1. The molecule has 4 N–H and O–H groups in total. The van der Waals surface area contributed by atoms with Gasteiger partial charge in [-0.15, -0.1) is 11.8 Å². The van der Waals surface area contributed by atoms with Gasteiger partial charge in [0.2, 0.25) is 11.8 Å². The van der Waals surface area contributed by atoms with Gasteiger partial charge in [0.1, 0.15) is 11.5 Å². The summed E-state index contributed by atoms with van der Waals surface area (Å²) in [5, 5.41) is 13.2. The van der Waals surface area contributed by atoms with Gasteiger partial charge in [0, 0.05) is 48.2 Å². The van der Waals surface area contributed by atoms with Gasteiger partial charge >= 0.3 is 5.97 Å². The van der Waals surface area contributed by atoms with Gasteiger partial charge in [-0.05, 0) is 25.7 Å². The van der Waals surface area contributed by atoms with Gasteiger partial charge in [-0.2, -0.15) is 0 Å². The number of fused-ring (bicyclic) bond motifs is 1. The molecule has 176 valence electrons. The molecule has 4 aliphatic heterocycles. The number of hydrogen-bond acceptors (Lipinski definition) is 7. The number of likely N-dealkylation sites (tertiary alicyclic amines) is 1. The van der Waals surface area contributed by atoms with E-state index in [2.05, 4.69) is 5.32 Å². The number of aliphatic carboxylic acids is 1. The number of carbonyl (C=O) groups is 4. The first-order valence-electron chi connectivity index (χ1n) is 11.3. The van der Waals surface area contributed by atoms with E-state index in [1.807, 2.05) is 13.8 Å². The SMILES string of the molecule is CC(=O)C[C@H](C)[C@H]1C(=O)N2C(C(=O)O)=C(SC3CNC(C(=O)N4CC[C@H](N)C4)C3)[C@H](C)[C@H]12. The highest BCUT2D eigenvalue weighted by molar-refractivity contribution is 8.03. The van der Waals surface area contributed by atoms with Crippen LogP contribution in [0.25, 0.3) is 0 Å². The van der Waals surface area contributed by atoms with Gasteiger partial charge in [-0.1, -0.05) is 13.8 Å². The Labute approximate surface area is 192 Å². The number of β-lactam (4-membered cyclic amide) rings is 1. The lowest BCUT2D eigenvalue weighted by molar-refractivity contribution is -0.160. The van der Waals surface area contributed by atoms with Crippen LogP contribution in [0.3, 0.4) is 0 Å². The van der Waals surface area contributed by atoms with Crippen molar-refractivity contribution in [3.63, 3.8) is 0 Å². The van der Waals surface area contributed by atoms with Crippen LogP contribution in [-0.4, -0.2) is 81.5 Å². The zero-order chi connectivity index (χ0) is 23.3. The molecule has 4 rings (SSSR count). The van der Waals surface area contributed by atoms with E-state index in [0.29, 0.717) is 37.4 Å². The molecule has 0 aliphatic carbocycles. The van der Waals surface area contributed by atoms with Gasteiger partial charge in [0.05, 0.1) is 18.0 Å². The first-order chi connectivity index (χ1) is 15.1. The molecule has 4 heterocycles. The summed E-state index contributed by atoms with van der Waals surface area (Å²) in [7, 11) is 0. The molecule has 4 aliphatic rings. The predicted octanol–water partition coefficient (Wildman–Crippen LogP) is 0.398. The Balaban J connectivity index is 1.45. The van der Waals surface area contributed by atoms with E-state index < -0.39 is 5.97 Å². The molecule has 0 spiro atoms. The number of nitrogens with two attached hydrogens (primary N) is 1. The van der Waals surface area contributed by atoms with E-state index in [9.17, 15) is 24.3 Å². The minimum atomic E-state index is -1.10. The average molecular weight is 465 g/mol. The smallest absolute Gasteiger partial charge is 0.353 e. The number of amides is 2. The van der Waals surface area contributed by atoms with Crippen LogP contribution in [0.1, 0.15) is 40.0 Å². The van der Waals surface area contributed by atoms with E-state index in [4.69, 9.17) is 5.73 Å². The maximum Gasteiger partial charge on any atom is 0.353 e. The largest absolute Gasteiger partial charge is 0.477 e. The number of Topliss-reactive ketones (excluding diaryl/α,β-unsaturated/α-hetero) is 1. The van der Waals surface area contributed by atoms with Crippen LogP contribution in [0.2, 0.25) is 0 Å². The molecule has 9 nitrogen and oxygen atoms in total. The standard InChI is InChI=1S/C22H32N4O5S/c1-10(6-11(2)27)16-17-12(3)19(18(22(30)31)26(17)21(16)29)32-14-7-15(24-8-14)20(28)25-5-4-13(23)9-25/h10,12-17,24H,4-9,23H2,1-3H3,(H,30,31)/t10-,12+,13-,14?,15?,16+,17+/m0/s1. The molecule has 0 aromatic rings. The van der Waals surface area contributed by atoms with E-state index >= 15 is 0 Å². The summed E-state index contributed by atoms with van der Waals surface area (Å²) >= 11 is 1.48. The Morgan fingerprint density at radius 3 is 2.66 bits per heavy atom.